The molecule has 0 spiro atoms. The van der Waals surface area contributed by atoms with E-state index in [0.717, 1.165) is 52.5 Å². The average Bonchev–Trinajstić information content (AvgIpc) is 3.26. The summed E-state index contributed by atoms with van der Waals surface area (Å²) in [6.07, 6.45) is 10.2. The van der Waals surface area contributed by atoms with Crippen molar-refractivity contribution in [3.05, 3.63) is 95.1 Å². The Balaban J connectivity index is 1.59. The molecule has 32 heavy (non-hydrogen) atoms. The van der Waals surface area contributed by atoms with E-state index in [-0.39, 0.29) is 5.56 Å². The lowest BCUT2D eigenvalue weighted by Crippen LogP contribution is -2.17. The molecular weight excluding hydrogens is 396 g/mol. The van der Waals surface area contributed by atoms with Crippen LogP contribution in [0.15, 0.2) is 83.9 Å². The van der Waals surface area contributed by atoms with Crippen molar-refractivity contribution in [3.63, 3.8) is 0 Å². The van der Waals surface area contributed by atoms with Gasteiger partial charge in [-0.1, -0.05) is 48.5 Å². The third-order valence-electron chi connectivity index (χ3n) is 6.25. The summed E-state index contributed by atoms with van der Waals surface area (Å²) in [5.41, 5.74) is 7.22. The Morgan fingerprint density at radius 3 is 2.66 bits per heavy atom. The lowest BCUT2D eigenvalue weighted by Gasteiger charge is -2.13. The summed E-state index contributed by atoms with van der Waals surface area (Å²) in [6, 6.07) is 20.0. The van der Waals surface area contributed by atoms with Crippen molar-refractivity contribution in [2.24, 2.45) is 0 Å². The van der Waals surface area contributed by atoms with Gasteiger partial charge in [0.25, 0.3) is 5.56 Å². The molecule has 0 aliphatic heterocycles. The molecule has 0 atom stereocenters. The van der Waals surface area contributed by atoms with Crippen LogP contribution >= 0.6 is 0 Å². The first-order valence-electron chi connectivity index (χ1n) is 11.0. The lowest BCUT2D eigenvalue weighted by atomic mass is 9.92. The van der Waals surface area contributed by atoms with Crippen LogP contribution in [0.5, 0.6) is 0 Å². The Labute approximate surface area is 185 Å². The molecule has 3 aromatic heterocycles. The highest BCUT2D eigenvalue weighted by molar-refractivity contribution is 5.88. The first-order valence-corrected chi connectivity index (χ1v) is 11.0. The van der Waals surface area contributed by atoms with Gasteiger partial charge in [0.1, 0.15) is 0 Å². The number of rotatable bonds is 3. The zero-order chi connectivity index (χ0) is 21.5. The van der Waals surface area contributed by atoms with Crippen molar-refractivity contribution in [3.8, 4) is 22.4 Å². The minimum Gasteiger partial charge on any atom is -0.288 e. The molecule has 156 valence electrons. The molecule has 1 aliphatic carbocycles. The van der Waals surface area contributed by atoms with Gasteiger partial charge in [0.2, 0.25) is 0 Å². The molecule has 1 aliphatic rings. The second-order valence-electron chi connectivity index (χ2n) is 8.25. The van der Waals surface area contributed by atoms with Gasteiger partial charge in [-0.2, -0.15) is 4.52 Å². The molecule has 0 saturated heterocycles. The molecule has 1 N–H and O–H groups in total. The highest BCUT2D eigenvalue weighted by atomic mass is 16.1. The van der Waals surface area contributed by atoms with Crippen LogP contribution < -0.4 is 5.56 Å². The van der Waals surface area contributed by atoms with Crippen LogP contribution in [0.3, 0.4) is 0 Å². The van der Waals surface area contributed by atoms with Crippen LogP contribution in [0.1, 0.15) is 31.2 Å². The second-order valence-corrected chi connectivity index (χ2v) is 8.25. The summed E-state index contributed by atoms with van der Waals surface area (Å²) in [7, 11) is 0. The van der Waals surface area contributed by atoms with Crippen LogP contribution in [-0.4, -0.2) is 19.6 Å². The van der Waals surface area contributed by atoms with E-state index in [1.165, 1.54) is 12.0 Å². The molecule has 5 nitrogen and oxygen atoms in total. The van der Waals surface area contributed by atoms with Gasteiger partial charge in [0.15, 0.2) is 5.65 Å². The molecule has 0 amide bonds. The van der Waals surface area contributed by atoms with E-state index in [1.807, 2.05) is 48.5 Å². The van der Waals surface area contributed by atoms with Gasteiger partial charge in [-0.3, -0.25) is 14.9 Å². The average molecular weight is 419 g/mol. The van der Waals surface area contributed by atoms with Gasteiger partial charge < -0.3 is 0 Å². The lowest BCUT2D eigenvalue weighted by molar-refractivity contribution is 0.742. The van der Waals surface area contributed by atoms with Crippen LogP contribution in [0.4, 0.5) is 0 Å². The molecule has 0 fully saturated rings. The number of pyridine rings is 1. The topological polar surface area (TPSA) is 63.0 Å². The molecule has 6 rings (SSSR count). The monoisotopic (exact) mass is 418 g/mol. The van der Waals surface area contributed by atoms with Gasteiger partial charge in [0, 0.05) is 28.9 Å². The SMILES string of the molecule is O=c1c(-c2ccc3ncccc3c2)cnc2c(C3=CCCCC3)c(-c3ccccc3)[nH]n12. The number of aromatic nitrogens is 4. The summed E-state index contributed by atoms with van der Waals surface area (Å²) >= 11 is 0. The minimum absolute atomic E-state index is 0.0990. The van der Waals surface area contributed by atoms with Crippen molar-refractivity contribution >= 4 is 22.1 Å². The second kappa shape index (κ2) is 7.61. The van der Waals surface area contributed by atoms with Crippen molar-refractivity contribution < 1.29 is 0 Å². The van der Waals surface area contributed by atoms with Crippen molar-refractivity contribution in [2.45, 2.75) is 25.7 Å². The summed E-state index contributed by atoms with van der Waals surface area (Å²) in [4.78, 5) is 22.8. The number of nitrogens with zero attached hydrogens (tertiary/aromatic N) is 3. The van der Waals surface area contributed by atoms with Gasteiger partial charge in [-0.25, -0.2) is 4.98 Å². The Bertz CT molecular complexity index is 1540. The molecule has 2 aromatic carbocycles. The third-order valence-corrected chi connectivity index (χ3v) is 6.25. The summed E-state index contributed by atoms with van der Waals surface area (Å²) in [5.74, 6) is 0. The maximum atomic E-state index is 13.6. The Morgan fingerprint density at radius 2 is 1.81 bits per heavy atom. The number of nitrogens with one attached hydrogen (secondary N) is 1. The predicted molar refractivity (Wildman–Crippen MR) is 128 cm³/mol. The van der Waals surface area contributed by atoms with E-state index < -0.39 is 0 Å². The molecular formula is C27H22N4O. The van der Waals surface area contributed by atoms with Gasteiger partial charge in [0.05, 0.1) is 16.8 Å². The van der Waals surface area contributed by atoms with Crippen molar-refractivity contribution in [1.29, 1.82) is 0 Å². The van der Waals surface area contributed by atoms with E-state index in [0.29, 0.717) is 11.2 Å². The molecule has 0 bridgehead atoms. The number of hydrogen-bond donors (Lipinski definition) is 1. The summed E-state index contributed by atoms with van der Waals surface area (Å²) in [5, 5.41) is 4.38. The number of fused-ring (bicyclic) bond motifs is 2. The number of allylic oxidation sites excluding steroid dienone is 2. The highest BCUT2D eigenvalue weighted by Gasteiger charge is 2.21. The van der Waals surface area contributed by atoms with Crippen molar-refractivity contribution in [2.75, 3.05) is 0 Å². The number of H-pyrrole nitrogens is 1. The smallest absolute Gasteiger partial charge is 0.280 e. The fourth-order valence-electron chi connectivity index (χ4n) is 4.64. The largest absolute Gasteiger partial charge is 0.288 e. The molecule has 0 unspecified atom stereocenters. The zero-order valence-corrected chi connectivity index (χ0v) is 17.6. The van der Waals surface area contributed by atoms with E-state index >= 15 is 0 Å². The fraction of sp³-hybridized carbons (Fsp3) is 0.148. The van der Waals surface area contributed by atoms with E-state index in [2.05, 4.69) is 28.3 Å². The maximum Gasteiger partial charge on any atom is 0.280 e. The Hall–Kier alpha value is -3.99. The van der Waals surface area contributed by atoms with Gasteiger partial charge >= 0.3 is 0 Å². The van der Waals surface area contributed by atoms with E-state index in [4.69, 9.17) is 4.98 Å². The number of aromatic amines is 1. The predicted octanol–water partition coefficient (Wildman–Crippen LogP) is 5.86. The zero-order valence-electron chi connectivity index (χ0n) is 17.6. The normalized spacial score (nSPS) is 14.1. The quantitative estimate of drug-likeness (QED) is 0.399. The molecule has 5 aromatic rings. The number of benzene rings is 2. The summed E-state index contributed by atoms with van der Waals surface area (Å²) in [6.45, 7) is 0. The van der Waals surface area contributed by atoms with Crippen molar-refractivity contribution in [1.82, 2.24) is 19.6 Å². The molecule has 0 saturated carbocycles. The molecule has 5 heteroatoms. The molecule has 3 heterocycles. The third kappa shape index (κ3) is 3.05. The van der Waals surface area contributed by atoms with Gasteiger partial charge in [-0.15, -0.1) is 0 Å². The van der Waals surface area contributed by atoms with Crippen LogP contribution in [0, 0.1) is 0 Å². The molecule has 0 radical (unpaired) electrons. The number of hydrogen-bond acceptors (Lipinski definition) is 3. The Kier molecular flexibility index (Phi) is 4.46. The minimum atomic E-state index is -0.0990. The van der Waals surface area contributed by atoms with E-state index in [1.54, 1.807) is 16.9 Å². The highest BCUT2D eigenvalue weighted by Crippen LogP contribution is 2.36. The van der Waals surface area contributed by atoms with E-state index in [9.17, 15) is 4.79 Å². The first-order chi connectivity index (χ1) is 15.8. The standard InChI is InChI=1S/C27H22N4O/c32-27-22(20-13-14-23-21(16-20)12-7-15-28-23)17-29-26-24(18-8-3-1-4-9-18)25(30-31(26)27)19-10-5-2-6-11-19/h2,5-8,10-17,30H,1,3-4,9H2. The van der Waals surface area contributed by atoms with Gasteiger partial charge in [-0.05, 0) is 55.0 Å². The van der Waals surface area contributed by atoms with Crippen LogP contribution in [0.2, 0.25) is 0 Å². The van der Waals surface area contributed by atoms with Crippen LogP contribution in [0.25, 0.3) is 44.5 Å². The maximum absolute atomic E-state index is 13.6. The first kappa shape index (κ1) is 18.8. The van der Waals surface area contributed by atoms with Crippen LogP contribution in [-0.2, 0) is 0 Å². The Morgan fingerprint density at radius 1 is 0.906 bits per heavy atom. The summed E-state index contributed by atoms with van der Waals surface area (Å²) < 4.78 is 1.61. The fourth-order valence-corrected chi connectivity index (χ4v) is 4.64.